The lowest BCUT2D eigenvalue weighted by molar-refractivity contribution is -0.383. The molecule has 0 bridgehead atoms. The van der Waals surface area contributed by atoms with Gasteiger partial charge in [-0.3, -0.25) is 30.7 Å². The third-order valence-corrected chi connectivity index (χ3v) is 3.67. The summed E-state index contributed by atoms with van der Waals surface area (Å²) in [6.07, 6.45) is 4.17. The van der Waals surface area contributed by atoms with Gasteiger partial charge < -0.3 is 5.32 Å². The molecule has 0 saturated carbocycles. The van der Waals surface area contributed by atoms with Gasteiger partial charge >= 0.3 is 5.69 Å². The van der Waals surface area contributed by atoms with E-state index in [4.69, 9.17) is 11.6 Å². The topological polar surface area (TPSA) is 135 Å². The maximum Gasteiger partial charge on any atom is 0.355 e. The lowest BCUT2D eigenvalue weighted by Crippen LogP contribution is -2.30. The second-order valence-electron chi connectivity index (χ2n) is 5.10. The van der Waals surface area contributed by atoms with Crippen LogP contribution in [0.1, 0.15) is 10.4 Å². The van der Waals surface area contributed by atoms with Gasteiger partial charge in [-0.2, -0.15) is 0 Å². The highest BCUT2D eigenvalue weighted by Crippen LogP contribution is 2.30. The van der Waals surface area contributed by atoms with E-state index in [-0.39, 0.29) is 22.2 Å². The predicted molar refractivity (Wildman–Crippen MR) is 98.7 cm³/mol. The maximum absolute atomic E-state index is 12.2. The summed E-state index contributed by atoms with van der Waals surface area (Å²) in [7, 11) is 0. The van der Waals surface area contributed by atoms with Gasteiger partial charge in [0.15, 0.2) is 0 Å². The predicted octanol–water partition coefficient (Wildman–Crippen LogP) is 2.93. The number of aromatic nitrogens is 3. The minimum Gasteiger partial charge on any atom is -0.333 e. The van der Waals surface area contributed by atoms with E-state index in [1.165, 1.54) is 12.3 Å². The summed E-state index contributed by atoms with van der Waals surface area (Å²) < 4.78 is 0. The van der Waals surface area contributed by atoms with Crippen LogP contribution in [0.15, 0.2) is 55.1 Å². The number of carbonyl (C=O) groups is 1. The molecule has 2 aromatic heterocycles. The Morgan fingerprint density at radius 1 is 1.11 bits per heavy atom. The van der Waals surface area contributed by atoms with Crippen LogP contribution in [-0.4, -0.2) is 25.8 Å². The molecule has 2 heterocycles. The van der Waals surface area contributed by atoms with Gasteiger partial charge in [0, 0.05) is 6.20 Å². The molecule has 10 nitrogen and oxygen atoms in total. The van der Waals surface area contributed by atoms with Gasteiger partial charge in [-0.1, -0.05) is 23.7 Å². The van der Waals surface area contributed by atoms with Crippen LogP contribution in [-0.2, 0) is 0 Å². The van der Waals surface area contributed by atoms with E-state index in [0.29, 0.717) is 5.69 Å². The normalized spacial score (nSPS) is 10.1. The van der Waals surface area contributed by atoms with Crippen LogP contribution in [0, 0.1) is 10.1 Å². The Labute approximate surface area is 157 Å². The highest BCUT2D eigenvalue weighted by atomic mass is 35.5. The van der Waals surface area contributed by atoms with Crippen LogP contribution in [0.4, 0.5) is 23.0 Å². The smallest absolute Gasteiger partial charge is 0.333 e. The van der Waals surface area contributed by atoms with E-state index >= 15 is 0 Å². The summed E-state index contributed by atoms with van der Waals surface area (Å²) in [5.74, 6) is -0.824. The van der Waals surface area contributed by atoms with Crippen molar-refractivity contribution in [3.05, 3.63) is 75.8 Å². The third kappa shape index (κ3) is 4.25. The molecule has 1 aromatic carbocycles. The molecule has 0 spiro atoms. The summed E-state index contributed by atoms with van der Waals surface area (Å²) in [5, 5.41) is 14.5. The van der Waals surface area contributed by atoms with Crippen LogP contribution in [0.3, 0.4) is 0 Å². The standard InChI is InChI=1S/C16H12ClN7O3/c17-12-6-2-1-5-11(12)16(25)23-22-15-13(24(26)27)14(19-9-20-15)21-10-4-3-7-18-8-10/h1-9H,(H,23,25)(H2,19,20,21,22). The molecule has 3 N–H and O–H groups in total. The molecule has 11 heteroatoms. The Balaban J connectivity index is 1.83. The minimum atomic E-state index is -0.664. The average Bonchev–Trinajstić information content (AvgIpc) is 2.67. The highest BCUT2D eigenvalue weighted by molar-refractivity contribution is 6.33. The number of nitro groups is 1. The summed E-state index contributed by atoms with van der Waals surface area (Å²) in [5.41, 5.74) is 5.04. The van der Waals surface area contributed by atoms with Crippen LogP contribution >= 0.6 is 11.6 Å². The number of pyridine rings is 1. The van der Waals surface area contributed by atoms with Gasteiger partial charge in [-0.25, -0.2) is 9.97 Å². The average molecular weight is 386 g/mol. The van der Waals surface area contributed by atoms with Crippen LogP contribution < -0.4 is 16.2 Å². The molecule has 3 rings (SSSR count). The molecule has 0 aliphatic carbocycles. The molecule has 0 fully saturated rings. The molecule has 1 amide bonds. The van der Waals surface area contributed by atoms with Gasteiger partial charge in [0.05, 0.1) is 27.4 Å². The molecule has 0 aliphatic heterocycles. The van der Waals surface area contributed by atoms with Crippen molar-refractivity contribution < 1.29 is 9.72 Å². The Morgan fingerprint density at radius 2 is 1.89 bits per heavy atom. The van der Waals surface area contributed by atoms with Crippen molar-refractivity contribution >= 4 is 40.5 Å². The third-order valence-electron chi connectivity index (χ3n) is 3.34. The number of nitrogens with one attached hydrogen (secondary N) is 3. The number of anilines is 3. The van der Waals surface area contributed by atoms with Gasteiger partial charge in [-0.15, -0.1) is 0 Å². The second kappa shape index (κ2) is 8.06. The largest absolute Gasteiger partial charge is 0.355 e. The SMILES string of the molecule is O=C(NNc1ncnc(Nc2cccnc2)c1[N+](=O)[O-])c1ccccc1Cl. The minimum absolute atomic E-state index is 0.0579. The number of hydrogen-bond acceptors (Lipinski definition) is 8. The first-order valence-electron chi connectivity index (χ1n) is 7.53. The first-order chi connectivity index (χ1) is 13.1. The molecular weight excluding hydrogens is 374 g/mol. The number of carbonyl (C=O) groups excluding carboxylic acids is 1. The number of benzene rings is 1. The Hall–Kier alpha value is -3.79. The zero-order chi connectivity index (χ0) is 19.2. The summed E-state index contributed by atoms with van der Waals surface area (Å²) >= 11 is 5.96. The molecule has 0 radical (unpaired) electrons. The number of hydrogen-bond donors (Lipinski definition) is 3. The first kappa shape index (κ1) is 18.0. The summed E-state index contributed by atoms with van der Waals surface area (Å²) in [6, 6.07) is 9.73. The van der Waals surface area contributed by atoms with Crippen LogP contribution in [0.25, 0.3) is 0 Å². The van der Waals surface area contributed by atoms with Gasteiger partial charge in [0.2, 0.25) is 11.6 Å². The fraction of sp³-hybridized carbons (Fsp3) is 0. The lowest BCUT2D eigenvalue weighted by atomic mass is 10.2. The van der Waals surface area contributed by atoms with Gasteiger partial charge in [-0.05, 0) is 24.3 Å². The zero-order valence-electron chi connectivity index (χ0n) is 13.6. The number of hydrazine groups is 1. The fourth-order valence-corrected chi connectivity index (χ4v) is 2.36. The van der Waals surface area contributed by atoms with Gasteiger partial charge in [0.25, 0.3) is 5.91 Å². The zero-order valence-corrected chi connectivity index (χ0v) is 14.3. The van der Waals surface area contributed by atoms with Crippen molar-refractivity contribution in [2.75, 3.05) is 10.7 Å². The second-order valence-corrected chi connectivity index (χ2v) is 5.51. The van der Waals surface area contributed by atoms with Crippen molar-refractivity contribution in [1.82, 2.24) is 20.4 Å². The highest BCUT2D eigenvalue weighted by Gasteiger charge is 2.24. The summed E-state index contributed by atoms with van der Waals surface area (Å²) in [4.78, 5) is 34.7. The van der Waals surface area contributed by atoms with E-state index in [9.17, 15) is 14.9 Å². The van der Waals surface area contributed by atoms with E-state index in [1.807, 2.05) is 0 Å². The van der Waals surface area contributed by atoms with Crippen molar-refractivity contribution in [2.45, 2.75) is 0 Å². The molecule has 136 valence electrons. The molecular formula is C16H12ClN7O3. The molecule has 3 aromatic rings. The van der Waals surface area contributed by atoms with E-state index in [1.54, 1.807) is 36.5 Å². The molecule has 27 heavy (non-hydrogen) atoms. The number of halogens is 1. The first-order valence-corrected chi connectivity index (χ1v) is 7.91. The van der Waals surface area contributed by atoms with Crippen LogP contribution in [0.5, 0.6) is 0 Å². The van der Waals surface area contributed by atoms with Gasteiger partial charge in [0.1, 0.15) is 6.33 Å². The Morgan fingerprint density at radius 3 is 2.59 bits per heavy atom. The summed E-state index contributed by atoms with van der Waals surface area (Å²) in [6.45, 7) is 0. The van der Waals surface area contributed by atoms with Crippen LogP contribution in [0.2, 0.25) is 5.02 Å². The quantitative estimate of drug-likeness (QED) is 0.435. The fourth-order valence-electron chi connectivity index (χ4n) is 2.14. The number of amides is 1. The van der Waals surface area contributed by atoms with Crippen molar-refractivity contribution in [1.29, 1.82) is 0 Å². The molecule has 0 saturated heterocycles. The molecule has 0 unspecified atom stereocenters. The number of nitrogens with zero attached hydrogens (tertiary/aromatic N) is 4. The van der Waals surface area contributed by atoms with E-state index in [0.717, 1.165) is 6.33 Å². The monoisotopic (exact) mass is 385 g/mol. The van der Waals surface area contributed by atoms with E-state index in [2.05, 4.69) is 31.1 Å². The Bertz CT molecular complexity index is 985. The van der Waals surface area contributed by atoms with Crippen molar-refractivity contribution in [3.63, 3.8) is 0 Å². The molecule has 0 aliphatic rings. The Kier molecular flexibility index (Phi) is 5.38. The molecule has 0 atom stereocenters. The lowest BCUT2D eigenvalue weighted by Gasteiger charge is -2.11. The number of rotatable bonds is 6. The van der Waals surface area contributed by atoms with Crippen molar-refractivity contribution in [2.24, 2.45) is 0 Å². The van der Waals surface area contributed by atoms with E-state index < -0.39 is 16.5 Å². The maximum atomic E-state index is 12.2. The van der Waals surface area contributed by atoms with Crippen molar-refractivity contribution in [3.8, 4) is 0 Å².